The second-order valence-corrected chi connectivity index (χ2v) is 9.03. The summed E-state index contributed by atoms with van der Waals surface area (Å²) in [5.41, 5.74) is -0.144. The van der Waals surface area contributed by atoms with Gasteiger partial charge in [-0.15, -0.1) is 11.3 Å². The Kier molecular flexibility index (Phi) is 10.9. The van der Waals surface area contributed by atoms with Crippen LogP contribution in [0.25, 0.3) is 0 Å². The van der Waals surface area contributed by atoms with E-state index in [0.717, 1.165) is 30.6 Å². The summed E-state index contributed by atoms with van der Waals surface area (Å²) in [7, 11) is 0. The van der Waals surface area contributed by atoms with Crippen molar-refractivity contribution in [3.8, 4) is 0 Å². The van der Waals surface area contributed by atoms with Crippen molar-refractivity contribution < 1.29 is 28.6 Å². The van der Waals surface area contributed by atoms with Crippen molar-refractivity contribution >= 4 is 34.4 Å². The maximum atomic E-state index is 12.7. The fourth-order valence-corrected chi connectivity index (χ4v) is 3.82. The highest BCUT2D eigenvalue weighted by Crippen LogP contribution is 2.35. The summed E-state index contributed by atoms with van der Waals surface area (Å²) in [4.78, 5) is 37.4. The van der Waals surface area contributed by atoms with E-state index in [4.69, 9.17) is 14.2 Å². The molecule has 0 fully saturated rings. The molecule has 0 atom stereocenters. The van der Waals surface area contributed by atoms with Gasteiger partial charge in [-0.2, -0.15) is 0 Å². The highest BCUT2D eigenvalue weighted by atomic mass is 32.1. The number of unbranched alkanes of at least 4 members (excludes halogenated alkanes) is 5. The summed E-state index contributed by atoms with van der Waals surface area (Å²) in [5.74, 6) is -1.12. The molecule has 1 rings (SSSR count). The SMILES string of the molecule is CCCCCCCCOC(=O)c1sc(NC(=O)OCC)c(C(=O)OC(C)(C)C)c1C. The molecule has 0 saturated carbocycles. The number of hydrogen-bond donors (Lipinski definition) is 1. The molecule has 1 aromatic heterocycles. The predicted molar refractivity (Wildman–Crippen MR) is 119 cm³/mol. The number of esters is 2. The maximum absolute atomic E-state index is 12.7. The van der Waals surface area contributed by atoms with Crippen LogP contribution in [0, 0.1) is 6.92 Å². The zero-order chi connectivity index (χ0) is 22.7. The van der Waals surface area contributed by atoms with Crippen molar-refractivity contribution in [3.63, 3.8) is 0 Å². The molecule has 0 spiro atoms. The van der Waals surface area contributed by atoms with E-state index in [-0.39, 0.29) is 22.0 Å². The lowest BCUT2D eigenvalue weighted by Gasteiger charge is -2.20. The average molecular weight is 442 g/mol. The van der Waals surface area contributed by atoms with Crippen LogP contribution in [0.4, 0.5) is 9.80 Å². The number of thiophene rings is 1. The Bertz CT molecular complexity index is 720. The van der Waals surface area contributed by atoms with E-state index in [9.17, 15) is 14.4 Å². The van der Waals surface area contributed by atoms with Crippen LogP contribution in [0.1, 0.15) is 98.7 Å². The Morgan fingerprint density at radius 2 is 1.57 bits per heavy atom. The van der Waals surface area contributed by atoms with Gasteiger partial charge in [0.15, 0.2) is 0 Å². The van der Waals surface area contributed by atoms with Crippen LogP contribution in [0.5, 0.6) is 0 Å². The molecule has 0 aromatic carbocycles. The molecule has 0 saturated heterocycles. The molecule has 1 heterocycles. The number of carbonyl (C=O) groups excluding carboxylic acids is 3. The van der Waals surface area contributed by atoms with Crippen LogP contribution in [0.3, 0.4) is 0 Å². The number of anilines is 1. The number of hydrogen-bond acceptors (Lipinski definition) is 7. The third-order valence-corrected chi connectivity index (χ3v) is 5.34. The van der Waals surface area contributed by atoms with Crippen molar-refractivity contribution in [3.05, 3.63) is 16.0 Å². The Morgan fingerprint density at radius 1 is 0.933 bits per heavy atom. The summed E-state index contributed by atoms with van der Waals surface area (Å²) < 4.78 is 15.7. The van der Waals surface area contributed by atoms with Crippen LogP contribution in [-0.4, -0.2) is 36.8 Å². The molecule has 0 aliphatic rings. The Morgan fingerprint density at radius 3 is 2.17 bits per heavy atom. The number of rotatable bonds is 11. The quantitative estimate of drug-likeness (QED) is 0.253. The number of amides is 1. The molecule has 0 radical (unpaired) electrons. The lowest BCUT2D eigenvalue weighted by molar-refractivity contribution is 0.00705. The third-order valence-electron chi connectivity index (χ3n) is 4.16. The highest BCUT2D eigenvalue weighted by molar-refractivity contribution is 7.18. The lowest BCUT2D eigenvalue weighted by Crippen LogP contribution is -2.25. The van der Waals surface area contributed by atoms with Crippen molar-refractivity contribution in [2.45, 2.75) is 85.7 Å². The number of carbonyl (C=O) groups is 3. The summed E-state index contributed by atoms with van der Waals surface area (Å²) >= 11 is 0.990. The van der Waals surface area contributed by atoms with E-state index in [2.05, 4.69) is 12.2 Å². The van der Waals surface area contributed by atoms with Crippen LogP contribution in [0.2, 0.25) is 0 Å². The summed E-state index contributed by atoms with van der Waals surface area (Å²) in [6, 6.07) is 0. The fraction of sp³-hybridized carbons (Fsp3) is 0.682. The molecule has 0 aliphatic heterocycles. The fourth-order valence-electron chi connectivity index (χ4n) is 2.74. The third kappa shape index (κ3) is 8.73. The van der Waals surface area contributed by atoms with E-state index in [1.807, 2.05) is 0 Å². The van der Waals surface area contributed by atoms with Gasteiger partial charge in [0, 0.05) is 0 Å². The van der Waals surface area contributed by atoms with Crippen molar-refractivity contribution in [2.24, 2.45) is 0 Å². The van der Waals surface area contributed by atoms with E-state index in [0.29, 0.717) is 12.2 Å². The topological polar surface area (TPSA) is 90.9 Å². The lowest BCUT2D eigenvalue weighted by atomic mass is 10.1. The normalized spacial score (nSPS) is 11.1. The first-order valence-corrected chi connectivity index (χ1v) is 11.4. The molecule has 30 heavy (non-hydrogen) atoms. The van der Waals surface area contributed by atoms with Gasteiger partial charge in [0.05, 0.1) is 18.8 Å². The van der Waals surface area contributed by atoms with E-state index < -0.39 is 23.6 Å². The monoisotopic (exact) mass is 441 g/mol. The number of nitrogens with one attached hydrogen (secondary N) is 1. The summed E-state index contributed by atoms with van der Waals surface area (Å²) in [6.45, 7) is 11.3. The van der Waals surface area contributed by atoms with Crippen LogP contribution in [0.15, 0.2) is 0 Å². The minimum Gasteiger partial charge on any atom is -0.462 e. The molecule has 1 aromatic rings. The van der Waals surface area contributed by atoms with Gasteiger partial charge in [-0.3, -0.25) is 5.32 Å². The van der Waals surface area contributed by atoms with Crippen LogP contribution >= 0.6 is 11.3 Å². The van der Waals surface area contributed by atoms with Gasteiger partial charge >= 0.3 is 18.0 Å². The largest absolute Gasteiger partial charge is 0.462 e. The molecule has 0 bridgehead atoms. The van der Waals surface area contributed by atoms with Gasteiger partial charge in [0.2, 0.25) is 0 Å². The van der Waals surface area contributed by atoms with Gasteiger partial charge in [-0.1, -0.05) is 39.0 Å². The minimum atomic E-state index is -0.717. The molecule has 1 amide bonds. The molecule has 0 unspecified atom stereocenters. The Labute approximate surface area is 183 Å². The van der Waals surface area contributed by atoms with Gasteiger partial charge < -0.3 is 14.2 Å². The molecule has 7 nitrogen and oxygen atoms in total. The first kappa shape index (κ1) is 25.9. The molecule has 8 heteroatoms. The van der Waals surface area contributed by atoms with Gasteiger partial charge in [0.1, 0.15) is 15.5 Å². The highest BCUT2D eigenvalue weighted by Gasteiger charge is 2.30. The molecular formula is C22H35NO6S. The predicted octanol–water partition coefficient (Wildman–Crippen LogP) is 6.10. The van der Waals surface area contributed by atoms with Crippen LogP contribution in [-0.2, 0) is 14.2 Å². The summed E-state index contributed by atoms with van der Waals surface area (Å²) in [5, 5.41) is 2.75. The molecule has 170 valence electrons. The Hall–Kier alpha value is -2.09. The van der Waals surface area contributed by atoms with E-state index in [1.165, 1.54) is 19.3 Å². The number of ether oxygens (including phenoxy) is 3. The van der Waals surface area contributed by atoms with E-state index >= 15 is 0 Å². The van der Waals surface area contributed by atoms with Gasteiger partial charge in [-0.05, 0) is 46.6 Å². The molecule has 1 N–H and O–H groups in total. The Balaban J connectivity index is 2.91. The maximum Gasteiger partial charge on any atom is 0.412 e. The van der Waals surface area contributed by atoms with Crippen molar-refractivity contribution in [2.75, 3.05) is 18.5 Å². The second-order valence-electron chi connectivity index (χ2n) is 8.01. The van der Waals surface area contributed by atoms with E-state index in [1.54, 1.807) is 34.6 Å². The van der Waals surface area contributed by atoms with Crippen molar-refractivity contribution in [1.82, 2.24) is 0 Å². The molecule has 0 aliphatic carbocycles. The second kappa shape index (κ2) is 12.6. The summed E-state index contributed by atoms with van der Waals surface area (Å²) in [6.07, 6.45) is 5.83. The minimum absolute atomic E-state index is 0.148. The van der Waals surface area contributed by atoms with Crippen molar-refractivity contribution in [1.29, 1.82) is 0 Å². The smallest absolute Gasteiger partial charge is 0.412 e. The first-order valence-electron chi connectivity index (χ1n) is 10.6. The zero-order valence-electron chi connectivity index (χ0n) is 19.0. The zero-order valence-corrected chi connectivity index (χ0v) is 19.8. The van der Waals surface area contributed by atoms with Gasteiger partial charge in [0.25, 0.3) is 0 Å². The van der Waals surface area contributed by atoms with Crippen LogP contribution < -0.4 is 5.32 Å². The average Bonchev–Trinajstić information content (AvgIpc) is 2.95. The molecular weight excluding hydrogens is 406 g/mol. The first-order chi connectivity index (χ1) is 14.1. The van der Waals surface area contributed by atoms with Gasteiger partial charge in [-0.25, -0.2) is 14.4 Å². The standard InChI is InChI=1S/C22H35NO6S/c1-7-9-10-11-12-13-14-28-20(25)17-15(3)16(19(24)29-22(4,5)6)18(30-17)23-21(26)27-8-2/h7-14H2,1-6H3,(H,23,26).